The summed E-state index contributed by atoms with van der Waals surface area (Å²) in [6.45, 7) is 3.93. The first-order valence-corrected chi connectivity index (χ1v) is 7.09. The van der Waals surface area contributed by atoms with Crippen LogP contribution in [0.3, 0.4) is 0 Å². The highest BCUT2D eigenvalue weighted by atomic mass is 16.4. The van der Waals surface area contributed by atoms with Crippen molar-refractivity contribution in [2.75, 3.05) is 13.6 Å². The van der Waals surface area contributed by atoms with Crippen LogP contribution in [-0.4, -0.2) is 35.6 Å². The quantitative estimate of drug-likeness (QED) is 0.889. The Labute approximate surface area is 128 Å². The van der Waals surface area contributed by atoms with Crippen molar-refractivity contribution in [1.29, 1.82) is 0 Å². The van der Waals surface area contributed by atoms with E-state index in [1.165, 1.54) is 4.90 Å². The molecule has 2 amide bonds. The number of furan rings is 1. The number of nitrogens with zero attached hydrogens (tertiary/aromatic N) is 1. The third kappa shape index (κ3) is 3.39. The van der Waals surface area contributed by atoms with Gasteiger partial charge in [-0.3, -0.25) is 4.79 Å². The topological polar surface area (TPSA) is 82.8 Å². The Hall–Kier alpha value is -2.50. The molecule has 1 aromatic heterocycles. The monoisotopic (exact) mass is 304 g/mol. The van der Waals surface area contributed by atoms with E-state index in [2.05, 4.69) is 5.32 Å². The molecule has 1 atom stereocenters. The molecule has 0 spiro atoms. The van der Waals surface area contributed by atoms with Crippen molar-refractivity contribution in [3.05, 3.63) is 35.6 Å². The van der Waals surface area contributed by atoms with Crippen LogP contribution in [0.4, 0.5) is 4.79 Å². The fourth-order valence-corrected chi connectivity index (χ4v) is 2.26. The van der Waals surface area contributed by atoms with Crippen molar-refractivity contribution in [2.24, 2.45) is 5.92 Å². The lowest BCUT2D eigenvalue weighted by molar-refractivity contribution is -0.141. The molecule has 1 heterocycles. The minimum Gasteiger partial charge on any atom is -0.481 e. The first-order valence-electron chi connectivity index (χ1n) is 7.09. The molecule has 0 aliphatic carbocycles. The molecule has 0 aliphatic heterocycles. The minimum absolute atomic E-state index is 0.153. The van der Waals surface area contributed by atoms with E-state index in [1.807, 2.05) is 31.2 Å². The summed E-state index contributed by atoms with van der Waals surface area (Å²) in [4.78, 5) is 24.1. The first-order chi connectivity index (χ1) is 10.4. The van der Waals surface area contributed by atoms with Gasteiger partial charge in [0.15, 0.2) is 0 Å². The molecule has 0 fully saturated rings. The van der Waals surface area contributed by atoms with Crippen molar-refractivity contribution in [2.45, 2.75) is 20.4 Å². The van der Waals surface area contributed by atoms with Crippen LogP contribution in [0.15, 0.2) is 28.7 Å². The SMILES string of the molecule is Cc1c(CNC(=O)N(C)CC(C)C(=O)O)oc2ccccc12. The van der Waals surface area contributed by atoms with Gasteiger partial charge in [-0.15, -0.1) is 0 Å². The molecule has 118 valence electrons. The summed E-state index contributed by atoms with van der Waals surface area (Å²) in [6.07, 6.45) is 0. The Morgan fingerprint density at radius 1 is 1.36 bits per heavy atom. The molecule has 6 heteroatoms. The number of aliphatic carboxylic acids is 1. The lowest BCUT2D eigenvalue weighted by atomic mass is 10.1. The average molecular weight is 304 g/mol. The van der Waals surface area contributed by atoms with Crippen molar-refractivity contribution in [1.82, 2.24) is 10.2 Å². The Kier molecular flexibility index (Phi) is 4.70. The van der Waals surface area contributed by atoms with Gasteiger partial charge in [-0.2, -0.15) is 0 Å². The number of nitrogens with one attached hydrogen (secondary N) is 1. The molecule has 0 saturated carbocycles. The maximum Gasteiger partial charge on any atom is 0.317 e. The second-order valence-electron chi connectivity index (χ2n) is 5.42. The van der Waals surface area contributed by atoms with Crippen molar-refractivity contribution in [3.8, 4) is 0 Å². The number of hydrogen-bond donors (Lipinski definition) is 2. The number of carboxylic acid groups (broad SMARTS) is 1. The van der Waals surface area contributed by atoms with Gasteiger partial charge in [0.25, 0.3) is 0 Å². The molecule has 0 saturated heterocycles. The number of aryl methyl sites for hydroxylation is 1. The third-order valence-corrected chi connectivity index (χ3v) is 3.66. The smallest absolute Gasteiger partial charge is 0.317 e. The summed E-state index contributed by atoms with van der Waals surface area (Å²) in [7, 11) is 1.57. The highest BCUT2D eigenvalue weighted by Crippen LogP contribution is 2.24. The Morgan fingerprint density at radius 2 is 2.05 bits per heavy atom. The fraction of sp³-hybridized carbons (Fsp3) is 0.375. The van der Waals surface area contributed by atoms with Crippen molar-refractivity contribution in [3.63, 3.8) is 0 Å². The van der Waals surface area contributed by atoms with Gasteiger partial charge in [-0.1, -0.05) is 25.1 Å². The highest BCUT2D eigenvalue weighted by Gasteiger charge is 2.18. The number of urea groups is 1. The van der Waals surface area contributed by atoms with E-state index in [4.69, 9.17) is 9.52 Å². The largest absolute Gasteiger partial charge is 0.481 e. The number of hydrogen-bond acceptors (Lipinski definition) is 3. The van der Waals surface area contributed by atoms with Gasteiger partial charge >= 0.3 is 12.0 Å². The number of para-hydroxylation sites is 1. The van der Waals surface area contributed by atoms with Crippen molar-refractivity contribution < 1.29 is 19.1 Å². The molecule has 1 unspecified atom stereocenters. The molecule has 1 aromatic carbocycles. The summed E-state index contributed by atoms with van der Waals surface area (Å²) < 4.78 is 5.72. The molecule has 22 heavy (non-hydrogen) atoms. The van der Waals surface area contributed by atoms with E-state index in [-0.39, 0.29) is 19.1 Å². The number of fused-ring (bicyclic) bond motifs is 1. The molecule has 2 rings (SSSR count). The van der Waals surface area contributed by atoms with Gasteiger partial charge < -0.3 is 19.7 Å². The van der Waals surface area contributed by atoms with E-state index in [0.717, 1.165) is 16.5 Å². The van der Waals surface area contributed by atoms with E-state index < -0.39 is 11.9 Å². The summed E-state index contributed by atoms with van der Waals surface area (Å²) >= 11 is 0. The Balaban J connectivity index is 1.98. The van der Waals surface area contributed by atoms with Crippen LogP contribution in [0.2, 0.25) is 0 Å². The number of carbonyl (C=O) groups is 2. The summed E-state index contributed by atoms with van der Waals surface area (Å²) in [5, 5.41) is 12.6. The zero-order valence-corrected chi connectivity index (χ0v) is 12.9. The van der Waals surface area contributed by atoms with E-state index >= 15 is 0 Å². The molecular formula is C16H20N2O4. The van der Waals surface area contributed by atoms with Crippen molar-refractivity contribution >= 4 is 23.0 Å². The lowest BCUT2D eigenvalue weighted by Crippen LogP contribution is -2.40. The number of amides is 2. The predicted octanol–water partition coefficient (Wildman–Crippen LogP) is 2.60. The molecule has 0 radical (unpaired) electrons. The number of carbonyl (C=O) groups excluding carboxylic acids is 1. The van der Waals surface area contributed by atoms with Crippen LogP contribution in [0.1, 0.15) is 18.2 Å². The molecule has 2 aromatic rings. The summed E-state index contributed by atoms with van der Waals surface area (Å²) in [6, 6.07) is 7.37. The zero-order valence-electron chi connectivity index (χ0n) is 12.9. The maximum absolute atomic E-state index is 12.0. The third-order valence-electron chi connectivity index (χ3n) is 3.66. The van der Waals surface area contributed by atoms with E-state index in [0.29, 0.717) is 5.76 Å². The van der Waals surface area contributed by atoms with E-state index in [1.54, 1.807) is 14.0 Å². The molecule has 0 bridgehead atoms. The zero-order chi connectivity index (χ0) is 16.3. The average Bonchev–Trinajstić information content (AvgIpc) is 2.81. The van der Waals surface area contributed by atoms with Crippen LogP contribution in [-0.2, 0) is 11.3 Å². The van der Waals surface area contributed by atoms with Gasteiger partial charge in [-0.25, -0.2) is 4.79 Å². The number of rotatable bonds is 5. The predicted molar refractivity (Wildman–Crippen MR) is 82.6 cm³/mol. The van der Waals surface area contributed by atoms with Crippen LogP contribution in [0.5, 0.6) is 0 Å². The molecule has 2 N–H and O–H groups in total. The highest BCUT2D eigenvalue weighted by molar-refractivity contribution is 5.82. The maximum atomic E-state index is 12.0. The lowest BCUT2D eigenvalue weighted by Gasteiger charge is -2.19. The molecule has 6 nitrogen and oxygen atoms in total. The van der Waals surface area contributed by atoms with Gasteiger partial charge in [0.05, 0.1) is 12.5 Å². The standard InChI is InChI=1S/C16H20N2O4/c1-10(15(19)20)9-18(3)16(21)17-8-14-11(2)12-6-4-5-7-13(12)22-14/h4-7,10H,8-9H2,1-3H3,(H,17,21)(H,19,20). The molecular weight excluding hydrogens is 284 g/mol. The Bertz CT molecular complexity index is 693. The number of benzene rings is 1. The van der Waals surface area contributed by atoms with Crippen LogP contribution in [0.25, 0.3) is 11.0 Å². The fourth-order valence-electron chi connectivity index (χ4n) is 2.26. The van der Waals surface area contributed by atoms with Crippen LogP contribution < -0.4 is 5.32 Å². The van der Waals surface area contributed by atoms with Crippen LogP contribution >= 0.6 is 0 Å². The van der Waals surface area contributed by atoms with Gasteiger partial charge in [-0.05, 0) is 13.0 Å². The van der Waals surface area contributed by atoms with Crippen LogP contribution in [0, 0.1) is 12.8 Å². The summed E-state index contributed by atoms with van der Waals surface area (Å²) in [5.41, 5.74) is 1.79. The normalized spacial score (nSPS) is 12.1. The van der Waals surface area contributed by atoms with Gasteiger partial charge in [0.1, 0.15) is 11.3 Å². The summed E-state index contributed by atoms with van der Waals surface area (Å²) in [5.74, 6) is -0.828. The molecule has 0 aliphatic rings. The minimum atomic E-state index is -0.923. The first kappa shape index (κ1) is 15.9. The Morgan fingerprint density at radius 3 is 2.68 bits per heavy atom. The number of carboxylic acids is 1. The van der Waals surface area contributed by atoms with Gasteiger partial charge in [0, 0.05) is 24.5 Å². The second-order valence-corrected chi connectivity index (χ2v) is 5.42. The van der Waals surface area contributed by atoms with Gasteiger partial charge in [0.2, 0.25) is 0 Å². The second kappa shape index (κ2) is 6.51. The van der Waals surface area contributed by atoms with E-state index in [9.17, 15) is 9.59 Å².